The Morgan fingerprint density at radius 1 is 1.16 bits per heavy atom. The predicted octanol–water partition coefficient (Wildman–Crippen LogP) is 5.16. The highest BCUT2D eigenvalue weighted by molar-refractivity contribution is 8.26. The third kappa shape index (κ3) is 4.46. The van der Waals surface area contributed by atoms with E-state index in [9.17, 15) is 9.59 Å². The van der Waals surface area contributed by atoms with Crippen LogP contribution in [0.3, 0.4) is 0 Å². The van der Waals surface area contributed by atoms with Gasteiger partial charge in [-0.3, -0.25) is 18.9 Å². The highest BCUT2D eigenvalue weighted by Gasteiger charge is 2.32. The van der Waals surface area contributed by atoms with Gasteiger partial charge in [0.1, 0.15) is 15.0 Å². The SMILES string of the molecule is CCCCN1C(=O)C(=Cc2c(Sc3ccccc3)nc3c(C)cccn3c2=O)SC1=S. The van der Waals surface area contributed by atoms with Gasteiger partial charge in [0.2, 0.25) is 0 Å². The molecule has 0 spiro atoms. The number of carbonyl (C=O) groups is 1. The number of unbranched alkanes of at least 4 members (excludes halogenated alkanes) is 1. The Hall–Kier alpha value is -2.42. The van der Waals surface area contributed by atoms with Crippen LogP contribution < -0.4 is 5.56 Å². The summed E-state index contributed by atoms with van der Waals surface area (Å²) in [5.41, 5.74) is 1.71. The molecule has 1 saturated heterocycles. The number of rotatable bonds is 6. The average Bonchev–Trinajstić information content (AvgIpc) is 3.03. The van der Waals surface area contributed by atoms with Gasteiger partial charge in [0.25, 0.3) is 11.5 Å². The van der Waals surface area contributed by atoms with Crippen LogP contribution in [0, 0.1) is 6.92 Å². The number of aryl methyl sites for hydroxylation is 1. The third-order valence-electron chi connectivity index (χ3n) is 4.89. The number of thioether (sulfide) groups is 1. The highest BCUT2D eigenvalue weighted by Crippen LogP contribution is 2.35. The molecule has 0 bridgehead atoms. The number of nitrogens with zero attached hydrogens (tertiary/aromatic N) is 3. The largest absolute Gasteiger partial charge is 0.293 e. The first kappa shape index (κ1) is 21.8. The van der Waals surface area contributed by atoms with E-state index in [0.29, 0.717) is 32.0 Å². The van der Waals surface area contributed by atoms with Crippen molar-refractivity contribution in [3.05, 3.63) is 75.0 Å². The average molecular weight is 468 g/mol. The van der Waals surface area contributed by atoms with Gasteiger partial charge in [0.05, 0.1) is 10.5 Å². The van der Waals surface area contributed by atoms with Gasteiger partial charge >= 0.3 is 0 Å². The standard InChI is InChI=1S/C23H21N3O2S3/c1-3-4-12-26-22(28)18(31-23(26)29)14-17-20(30-16-10-6-5-7-11-16)24-19-15(2)9-8-13-25(19)21(17)27/h5-11,13-14H,3-4,12H2,1-2H3. The Bertz CT molecular complexity index is 1250. The molecule has 0 atom stereocenters. The number of carbonyl (C=O) groups excluding carboxylic acids is 1. The normalized spacial score (nSPS) is 15.4. The Balaban J connectivity index is 1.84. The first-order chi connectivity index (χ1) is 15.0. The minimum atomic E-state index is -0.203. The van der Waals surface area contributed by atoms with E-state index in [2.05, 4.69) is 6.92 Å². The molecule has 1 aliphatic heterocycles. The number of aromatic nitrogens is 2. The molecule has 0 unspecified atom stereocenters. The summed E-state index contributed by atoms with van der Waals surface area (Å²) in [6.07, 6.45) is 5.22. The molecule has 0 N–H and O–H groups in total. The zero-order chi connectivity index (χ0) is 22.0. The van der Waals surface area contributed by atoms with Crippen LogP contribution in [0.25, 0.3) is 11.7 Å². The molecular formula is C23H21N3O2S3. The number of hydrogen-bond acceptors (Lipinski definition) is 6. The van der Waals surface area contributed by atoms with Crippen LogP contribution in [-0.4, -0.2) is 31.1 Å². The first-order valence-electron chi connectivity index (χ1n) is 10.00. The molecule has 0 radical (unpaired) electrons. The molecule has 2 aromatic heterocycles. The summed E-state index contributed by atoms with van der Waals surface area (Å²) in [5.74, 6) is -0.146. The van der Waals surface area contributed by atoms with Gasteiger partial charge in [-0.1, -0.05) is 73.4 Å². The maximum atomic E-state index is 13.4. The zero-order valence-electron chi connectivity index (χ0n) is 17.2. The summed E-state index contributed by atoms with van der Waals surface area (Å²) in [7, 11) is 0. The van der Waals surface area contributed by atoms with Crippen molar-refractivity contribution >= 4 is 57.7 Å². The first-order valence-corrected chi connectivity index (χ1v) is 12.0. The van der Waals surface area contributed by atoms with Gasteiger partial charge in [-0.15, -0.1) is 0 Å². The van der Waals surface area contributed by atoms with Gasteiger partial charge in [-0.05, 0) is 43.2 Å². The fraction of sp³-hybridized carbons (Fsp3) is 0.217. The Morgan fingerprint density at radius 2 is 1.94 bits per heavy atom. The molecule has 1 aliphatic rings. The van der Waals surface area contributed by atoms with E-state index < -0.39 is 0 Å². The molecule has 0 aliphatic carbocycles. The minimum Gasteiger partial charge on any atom is -0.293 e. The van der Waals surface area contributed by atoms with Crippen molar-refractivity contribution in [3.8, 4) is 0 Å². The van der Waals surface area contributed by atoms with Crippen LogP contribution in [0.5, 0.6) is 0 Å². The van der Waals surface area contributed by atoms with E-state index in [1.54, 1.807) is 17.2 Å². The topological polar surface area (TPSA) is 54.7 Å². The Labute approximate surface area is 194 Å². The van der Waals surface area contributed by atoms with E-state index in [0.717, 1.165) is 23.3 Å². The van der Waals surface area contributed by atoms with Crippen LogP contribution in [-0.2, 0) is 4.79 Å². The fourth-order valence-electron chi connectivity index (χ4n) is 3.23. The molecule has 8 heteroatoms. The molecule has 1 amide bonds. The maximum Gasteiger partial charge on any atom is 0.266 e. The molecule has 3 heterocycles. The van der Waals surface area contributed by atoms with Crippen molar-refractivity contribution in [1.29, 1.82) is 0 Å². The summed E-state index contributed by atoms with van der Waals surface area (Å²) >= 11 is 8.07. The minimum absolute atomic E-state index is 0.146. The number of fused-ring (bicyclic) bond motifs is 1. The fourth-order valence-corrected chi connectivity index (χ4v) is 5.43. The lowest BCUT2D eigenvalue weighted by atomic mass is 10.2. The second kappa shape index (κ2) is 9.38. The van der Waals surface area contributed by atoms with Crippen LogP contribution in [0.15, 0.2) is 68.3 Å². The van der Waals surface area contributed by atoms with Crippen molar-refractivity contribution < 1.29 is 4.79 Å². The van der Waals surface area contributed by atoms with E-state index in [1.807, 2.05) is 49.4 Å². The highest BCUT2D eigenvalue weighted by atomic mass is 32.2. The predicted molar refractivity (Wildman–Crippen MR) is 132 cm³/mol. The lowest BCUT2D eigenvalue weighted by Gasteiger charge is -2.13. The molecular weight excluding hydrogens is 446 g/mol. The number of thiocarbonyl (C=S) groups is 1. The van der Waals surface area contributed by atoms with E-state index in [4.69, 9.17) is 17.2 Å². The molecule has 3 aromatic rings. The molecule has 0 saturated carbocycles. The quantitative estimate of drug-likeness (QED) is 0.284. The molecule has 1 fully saturated rings. The Morgan fingerprint density at radius 3 is 2.68 bits per heavy atom. The summed E-state index contributed by atoms with van der Waals surface area (Å²) in [6, 6.07) is 13.5. The molecule has 158 valence electrons. The van der Waals surface area contributed by atoms with Crippen molar-refractivity contribution in [1.82, 2.24) is 14.3 Å². The van der Waals surface area contributed by atoms with Gasteiger partial charge in [-0.2, -0.15) is 0 Å². The summed E-state index contributed by atoms with van der Waals surface area (Å²) in [4.78, 5) is 34.2. The summed E-state index contributed by atoms with van der Waals surface area (Å²) in [5, 5.41) is 0.573. The number of amides is 1. The second-order valence-electron chi connectivity index (χ2n) is 7.12. The molecule has 5 nitrogen and oxygen atoms in total. The zero-order valence-corrected chi connectivity index (χ0v) is 19.6. The van der Waals surface area contributed by atoms with Gasteiger partial charge in [0.15, 0.2) is 0 Å². The van der Waals surface area contributed by atoms with Crippen molar-refractivity contribution in [2.24, 2.45) is 0 Å². The molecule has 31 heavy (non-hydrogen) atoms. The van der Waals surface area contributed by atoms with E-state index >= 15 is 0 Å². The van der Waals surface area contributed by atoms with Crippen LogP contribution in [0.1, 0.15) is 30.9 Å². The lowest BCUT2D eigenvalue weighted by Crippen LogP contribution is -2.29. The monoisotopic (exact) mass is 467 g/mol. The number of benzene rings is 1. The van der Waals surface area contributed by atoms with Crippen LogP contribution in [0.4, 0.5) is 0 Å². The van der Waals surface area contributed by atoms with Crippen molar-refractivity contribution in [2.75, 3.05) is 6.54 Å². The molecule has 4 rings (SSSR count). The third-order valence-corrected chi connectivity index (χ3v) is 7.28. The second-order valence-corrected chi connectivity index (χ2v) is 9.86. The van der Waals surface area contributed by atoms with Gasteiger partial charge in [-0.25, -0.2) is 4.98 Å². The summed E-state index contributed by atoms with van der Waals surface area (Å²) < 4.78 is 2.07. The summed E-state index contributed by atoms with van der Waals surface area (Å²) in [6.45, 7) is 4.60. The van der Waals surface area contributed by atoms with E-state index in [-0.39, 0.29) is 11.5 Å². The number of hydrogen-bond donors (Lipinski definition) is 0. The van der Waals surface area contributed by atoms with Crippen molar-refractivity contribution in [2.45, 2.75) is 36.6 Å². The number of pyridine rings is 1. The van der Waals surface area contributed by atoms with Crippen LogP contribution >= 0.6 is 35.7 Å². The Kier molecular flexibility index (Phi) is 6.60. The van der Waals surface area contributed by atoms with Gasteiger partial charge < -0.3 is 0 Å². The lowest BCUT2D eigenvalue weighted by molar-refractivity contribution is -0.122. The van der Waals surface area contributed by atoms with Gasteiger partial charge in [0, 0.05) is 17.6 Å². The molecule has 1 aromatic carbocycles. The smallest absolute Gasteiger partial charge is 0.266 e. The maximum absolute atomic E-state index is 13.4. The van der Waals surface area contributed by atoms with Crippen molar-refractivity contribution in [3.63, 3.8) is 0 Å². The van der Waals surface area contributed by atoms with Crippen LogP contribution in [0.2, 0.25) is 0 Å². The van der Waals surface area contributed by atoms with E-state index in [1.165, 1.54) is 27.9 Å².